The summed E-state index contributed by atoms with van der Waals surface area (Å²) in [6.07, 6.45) is 4.69. The highest BCUT2D eigenvalue weighted by Crippen LogP contribution is 2.46. The molecule has 1 N–H and O–H groups in total. The van der Waals surface area contributed by atoms with E-state index in [-0.39, 0.29) is 10.8 Å². The van der Waals surface area contributed by atoms with E-state index in [1.165, 1.54) is 34.7 Å². The number of carboxylic acids is 1. The lowest BCUT2D eigenvalue weighted by Crippen LogP contribution is -2.34. The normalized spacial score (nSPS) is 18.2. The molecule has 1 aliphatic rings. The SMILES string of the molecule is CC1(C)CCC(C)(C)c2cc(/C(=C/c3ccc(C(=O)O)cc3)[Si](C)(C)C)ccc21. The van der Waals surface area contributed by atoms with Gasteiger partial charge in [-0.1, -0.05) is 88.9 Å². The van der Waals surface area contributed by atoms with Crippen LogP contribution in [0, 0.1) is 0 Å². The summed E-state index contributed by atoms with van der Waals surface area (Å²) in [7, 11) is -1.63. The van der Waals surface area contributed by atoms with Gasteiger partial charge in [-0.05, 0) is 58.1 Å². The van der Waals surface area contributed by atoms with Crippen molar-refractivity contribution >= 4 is 25.3 Å². The van der Waals surface area contributed by atoms with Crippen molar-refractivity contribution in [3.63, 3.8) is 0 Å². The van der Waals surface area contributed by atoms with Crippen LogP contribution in [0.15, 0.2) is 42.5 Å². The standard InChI is InChI=1S/C26H34O2Si/c1-25(2)14-15-26(3,4)22-17-20(12-13-21(22)25)23(29(5,6)7)16-18-8-10-19(11-9-18)24(27)28/h8-13,16-17H,14-15H2,1-7H3,(H,27,28)/b23-16-. The van der Waals surface area contributed by atoms with E-state index in [0.29, 0.717) is 5.56 Å². The Morgan fingerprint density at radius 1 is 0.862 bits per heavy atom. The smallest absolute Gasteiger partial charge is 0.335 e. The molecule has 0 spiro atoms. The molecule has 0 saturated heterocycles. The predicted molar refractivity (Wildman–Crippen MR) is 126 cm³/mol. The maximum absolute atomic E-state index is 11.2. The van der Waals surface area contributed by atoms with Gasteiger partial charge in [-0.2, -0.15) is 0 Å². The van der Waals surface area contributed by atoms with E-state index >= 15 is 0 Å². The summed E-state index contributed by atoms with van der Waals surface area (Å²) in [6, 6.07) is 14.3. The number of aromatic carboxylic acids is 1. The van der Waals surface area contributed by atoms with E-state index in [0.717, 1.165) is 5.56 Å². The van der Waals surface area contributed by atoms with Crippen LogP contribution in [-0.2, 0) is 10.8 Å². The van der Waals surface area contributed by atoms with Gasteiger partial charge in [0.2, 0.25) is 0 Å². The van der Waals surface area contributed by atoms with Crippen LogP contribution in [0.1, 0.15) is 73.1 Å². The summed E-state index contributed by atoms with van der Waals surface area (Å²) in [4.78, 5) is 11.2. The van der Waals surface area contributed by atoms with Gasteiger partial charge in [0.1, 0.15) is 0 Å². The first kappa shape index (κ1) is 21.6. The molecule has 3 rings (SSSR count). The summed E-state index contributed by atoms with van der Waals surface area (Å²) in [6.45, 7) is 16.6. The Morgan fingerprint density at radius 3 is 1.90 bits per heavy atom. The highest BCUT2D eigenvalue weighted by Gasteiger charge is 2.37. The number of hydrogen-bond donors (Lipinski definition) is 1. The van der Waals surface area contributed by atoms with Gasteiger partial charge in [0.25, 0.3) is 0 Å². The highest BCUT2D eigenvalue weighted by molar-refractivity contribution is 6.94. The molecule has 0 radical (unpaired) electrons. The van der Waals surface area contributed by atoms with Gasteiger partial charge in [0.15, 0.2) is 0 Å². The second-order valence-corrected chi connectivity index (χ2v) is 15.8. The van der Waals surface area contributed by atoms with Crippen molar-refractivity contribution in [2.24, 2.45) is 0 Å². The minimum atomic E-state index is -1.63. The van der Waals surface area contributed by atoms with Crippen molar-refractivity contribution in [1.82, 2.24) is 0 Å². The fraction of sp³-hybridized carbons (Fsp3) is 0.423. The van der Waals surface area contributed by atoms with Crippen molar-refractivity contribution in [2.45, 2.75) is 71.0 Å². The topological polar surface area (TPSA) is 37.3 Å². The molecule has 3 heteroatoms. The lowest BCUT2D eigenvalue weighted by molar-refractivity contribution is 0.0697. The molecule has 1 aliphatic carbocycles. The van der Waals surface area contributed by atoms with E-state index in [1.54, 1.807) is 12.1 Å². The quantitative estimate of drug-likeness (QED) is 0.432. The van der Waals surface area contributed by atoms with E-state index in [2.05, 4.69) is 71.6 Å². The van der Waals surface area contributed by atoms with Crippen LogP contribution >= 0.6 is 0 Å². The average Bonchev–Trinajstić information content (AvgIpc) is 2.63. The van der Waals surface area contributed by atoms with Gasteiger partial charge in [-0.15, -0.1) is 0 Å². The summed E-state index contributed by atoms with van der Waals surface area (Å²) in [5.41, 5.74) is 6.08. The Morgan fingerprint density at radius 2 is 1.38 bits per heavy atom. The second kappa shape index (κ2) is 7.28. The number of hydrogen-bond acceptors (Lipinski definition) is 1. The fourth-order valence-electron chi connectivity index (χ4n) is 4.38. The number of fused-ring (bicyclic) bond motifs is 1. The molecule has 0 aliphatic heterocycles. The van der Waals surface area contributed by atoms with E-state index in [9.17, 15) is 4.79 Å². The van der Waals surface area contributed by atoms with Gasteiger partial charge < -0.3 is 5.11 Å². The summed E-state index contributed by atoms with van der Waals surface area (Å²) >= 11 is 0. The van der Waals surface area contributed by atoms with Crippen molar-refractivity contribution in [3.05, 3.63) is 70.3 Å². The molecule has 0 fully saturated rings. The van der Waals surface area contributed by atoms with Crippen LogP contribution in [0.25, 0.3) is 11.3 Å². The van der Waals surface area contributed by atoms with E-state index in [1.807, 2.05) is 12.1 Å². The molecule has 2 aromatic carbocycles. The molecule has 2 nitrogen and oxygen atoms in total. The number of carboxylic acid groups (broad SMARTS) is 1. The Kier molecular flexibility index (Phi) is 5.42. The van der Waals surface area contributed by atoms with E-state index in [4.69, 9.17) is 5.11 Å². The molecule has 0 saturated carbocycles. The summed E-state index contributed by atoms with van der Waals surface area (Å²) in [5.74, 6) is -0.884. The van der Waals surface area contributed by atoms with Gasteiger partial charge in [0.05, 0.1) is 13.6 Å². The minimum Gasteiger partial charge on any atom is -0.478 e. The number of carbonyl (C=O) groups is 1. The van der Waals surface area contributed by atoms with Crippen molar-refractivity contribution in [1.29, 1.82) is 0 Å². The van der Waals surface area contributed by atoms with Crippen molar-refractivity contribution in [2.75, 3.05) is 0 Å². The second-order valence-electron chi connectivity index (χ2n) is 10.8. The first-order chi connectivity index (χ1) is 13.3. The third kappa shape index (κ3) is 4.40. The highest BCUT2D eigenvalue weighted by atomic mass is 28.3. The Labute approximate surface area is 176 Å². The molecule has 0 aromatic heterocycles. The third-order valence-electron chi connectivity index (χ3n) is 6.44. The lowest BCUT2D eigenvalue weighted by Gasteiger charge is -2.42. The number of benzene rings is 2. The molecule has 154 valence electrons. The Bertz CT molecular complexity index is 957. The zero-order chi connectivity index (χ0) is 21.6. The van der Waals surface area contributed by atoms with Crippen LogP contribution in [0.5, 0.6) is 0 Å². The van der Waals surface area contributed by atoms with Crippen LogP contribution in [0.2, 0.25) is 19.6 Å². The minimum absolute atomic E-state index is 0.189. The first-order valence-corrected chi connectivity index (χ1v) is 14.0. The molecular weight excluding hydrogens is 372 g/mol. The van der Waals surface area contributed by atoms with Crippen LogP contribution < -0.4 is 0 Å². The molecular formula is C26H34O2Si. The zero-order valence-corrected chi connectivity index (χ0v) is 19.9. The summed E-state index contributed by atoms with van der Waals surface area (Å²) < 4.78 is 0. The third-order valence-corrected chi connectivity index (χ3v) is 8.49. The van der Waals surface area contributed by atoms with Crippen LogP contribution in [-0.4, -0.2) is 19.1 Å². The molecule has 0 amide bonds. The maximum Gasteiger partial charge on any atom is 0.335 e. The van der Waals surface area contributed by atoms with Crippen LogP contribution in [0.4, 0.5) is 0 Å². The van der Waals surface area contributed by atoms with Crippen molar-refractivity contribution in [3.8, 4) is 0 Å². The molecule has 2 aromatic rings. The Hall–Kier alpha value is -2.13. The Balaban J connectivity index is 2.13. The van der Waals surface area contributed by atoms with Gasteiger partial charge in [0, 0.05) is 0 Å². The van der Waals surface area contributed by atoms with Gasteiger partial charge in [-0.3, -0.25) is 0 Å². The molecule has 0 heterocycles. The monoisotopic (exact) mass is 406 g/mol. The number of rotatable bonds is 4. The summed E-state index contributed by atoms with van der Waals surface area (Å²) in [5, 5.41) is 10.6. The molecule has 29 heavy (non-hydrogen) atoms. The maximum atomic E-state index is 11.2. The van der Waals surface area contributed by atoms with Gasteiger partial charge in [-0.25, -0.2) is 4.79 Å². The molecule has 0 bridgehead atoms. The largest absolute Gasteiger partial charge is 0.478 e. The van der Waals surface area contributed by atoms with E-state index < -0.39 is 14.0 Å². The average molecular weight is 407 g/mol. The molecule has 0 atom stereocenters. The van der Waals surface area contributed by atoms with Crippen molar-refractivity contribution < 1.29 is 9.90 Å². The van der Waals surface area contributed by atoms with Crippen LogP contribution in [0.3, 0.4) is 0 Å². The zero-order valence-electron chi connectivity index (χ0n) is 18.9. The van der Waals surface area contributed by atoms with Gasteiger partial charge >= 0.3 is 5.97 Å². The fourth-order valence-corrected chi connectivity index (χ4v) is 6.00. The first-order valence-electron chi connectivity index (χ1n) is 10.5. The molecule has 0 unspecified atom stereocenters. The predicted octanol–water partition coefficient (Wildman–Crippen LogP) is 7.15. The lowest BCUT2D eigenvalue weighted by atomic mass is 9.63.